The van der Waals surface area contributed by atoms with E-state index in [-0.39, 0.29) is 19.0 Å². The van der Waals surface area contributed by atoms with Crippen LogP contribution in [0.1, 0.15) is 20.3 Å². The van der Waals surface area contributed by atoms with Crippen molar-refractivity contribution in [2.45, 2.75) is 38.5 Å². The quantitative estimate of drug-likeness (QED) is 0.560. The summed E-state index contributed by atoms with van der Waals surface area (Å²) in [5.41, 5.74) is 0. The first-order valence-electron chi connectivity index (χ1n) is 5.38. The molecule has 0 radical (unpaired) electrons. The third kappa shape index (κ3) is 3.77. The number of nitrogens with one attached hydrogen (secondary N) is 1. The molecule has 1 aliphatic rings. The van der Waals surface area contributed by atoms with Gasteiger partial charge >= 0.3 is 0 Å². The Kier molecular flexibility index (Phi) is 4.50. The van der Waals surface area contributed by atoms with E-state index in [1.807, 2.05) is 13.8 Å². The van der Waals surface area contributed by atoms with Crippen LogP contribution in [0.4, 0.5) is 0 Å². The lowest BCUT2D eigenvalue weighted by atomic mass is 10.3. The number of nitrogens with zero attached hydrogens (tertiary/aromatic N) is 1. The topological polar surface area (TPSA) is 72.8 Å². The summed E-state index contributed by atoms with van der Waals surface area (Å²) >= 11 is 0. The highest BCUT2D eigenvalue weighted by Gasteiger charge is 2.31. The lowest BCUT2D eigenvalue weighted by molar-refractivity contribution is -0.130. The maximum absolute atomic E-state index is 11.6. The summed E-state index contributed by atoms with van der Waals surface area (Å²) in [6.45, 7) is 5.18. The third-order valence-corrected chi connectivity index (χ3v) is 2.50. The van der Waals surface area contributed by atoms with E-state index in [9.17, 15) is 15.0 Å². The minimum atomic E-state index is -0.785. The second kappa shape index (κ2) is 5.44. The molecular weight excluding hydrogens is 196 g/mol. The second-order valence-electron chi connectivity index (χ2n) is 4.29. The molecule has 88 valence electrons. The van der Waals surface area contributed by atoms with E-state index < -0.39 is 12.2 Å². The number of amides is 1. The maximum atomic E-state index is 11.6. The summed E-state index contributed by atoms with van der Waals surface area (Å²) in [5, 5.41) is 21.7. The van der Waals surface area contributed by atoms with Crippen LogP contribution in [0.3, 0.4) is 0 Å². The van der Waals surface area contributed by atoms with E-state index in [0.29, 0.717) is 19.0 Å². The zero-order valence-corrected chi connectivity index (χ0v) is 9.31. The van der Waals surface area contributed by atoms with Crippen LogP contribution < -0.4 is 5.32 Å². The van der Waals surface area contributed by atoms with E-state index in [2.05, 4.69) is 5.32 Å². The van der Waals surface area contributed by atoms with E-state index in [1.165, 1.54) is 4.90 Å². The number of hydrogen-bond acceptors (Lipinski definition) is 4. The van der Waals surface area contributed by atoms with Gasteiger partial charge in [-0.2, -0.15) is 0 Å². The molecule has 3 N–H and O–H groups in total. The van der Waals surface area contributed by atoms with Crippen molar-refractivity contribution in [1.29, 1.82) is 0 Å². The SMILES string of the molecule is CC(C)NCCC(=O)N1CC(O)C(O)C1. The molecule has 0 aromatic rings. The van der Waals surface area contributed by atoms with Gasteiger partial charge in [-0.3, -0.25) is 4.79 Å². The highest BCUT2D eigenvalue weighted by Crippen LogP contribution is 2.10. The first kappa shape index (κ1) is 12.4. The average molecular weight is 216 g/mol. The Bertz CT molecular complexity index is 211. The van der Waals surface area contributed by atoms with Gasteiger partial charge in [0.15, 0.2) is 0 Å². The van der Waals surface area contributed by atoms with Crippen molar-refractivity contribution in [1.82, 2.24) is 10.2 Å². The van der Waals surface area contributed by atoms with E-state index >= 15 is 0 Å². The third-order valence-electron chi connectivity index (χ3n) is 2.50. The van der Waals surface area contributed by atoms with Crippen LogP contribution in [0.5, 0.6) is 0 Å². The molecule has 15 heavy (non-hydrogen) atoms. The molecule has 0 spiro atoms. The molecule has 2 unspecified atom stereocenters. The summed E-state index contributed by atoms with van der Waals surface area (Å²) in [6, 6.07) is 0.368. The predicted octanol–water partition coefficient (Wildman–Crippen LogP) is -1.06. The minimum Gasteiger partial charge on any atom is -0.388 e. The molecule has 0 aliphatic carbocycles. The fourth-order valence-electron chi connectivity index (χ4n) is 1.60. The molecule has 0 saturated carbocycles. The van der Waals surface area contributed by atoms with Crippen LogP contribution in [-0.4, -0.2) is 58.9 Å². The molecule has 1 saturated heterocycles. The Morgan fingerprint density at radius 1 is 1.40 bits per heavy atom. The maximum Gasteiger partial charge on any atom is 0.224 e. The molecule has 2 atom stereocenters. The van der Waals surface area contributed by atoms with Crippen molar-refractivity contribution in [2.75, 3.05) is 19.6 Å². The van der Waals surface area contributed by atoms with Crippen molar-refractivity contribution >= 4 is 5.91 Å². The number of hydrogen-bond donors (Lipinski definition) is 3. The Hall–Kier alpha value is -0.650. The summed E-state index contributed by atoms with van der Waals surface area (Å²) in [7, 11) is 0. The zero-order chi connectivity index (χ0) is 11.4. The molecule has 1 fully saturated rings. The van der Waals surface area contributed by atoms with Crippen LogP contribution in [0.2, 0.25) is 0 Å². The molecule has 1 aliphatic heterocycles. The van der Waals surface area contributed by atoms with Crippen LogP contribution >= 0.6 is 0 Å². The van der Waals surface area contributed by atoms with Gasteiger partial charge in [0.05, 0.1) is 12.2 Å². The number of likely N-dealkylation sites (tertiary alicyclic amines) is 1. The molecule has 0 aromatic heterocycles. The Balaban J connectivity index is 2.23. The first-order chi connectivity index (χ1) is 7.00. The standard InChI is InChI=1S/C10H20N2O3/c1-7(2)11-4-3-10(15)12-5-8(13)9(14)6-12/h7-9,11,13-14H,3-6H2,1-2H3. The predicted molar refractivity (Wildman–Crippen MR) is 56.3 cm³/mol. The lowest BCUT2D eigenvalue weighted by Crippen LogP contribution is -2.33. The fourth-order valence-corrected chi connectivity index (χ4v) is 1.60. The van der Waals surface area contributed by atoms with Crippen molar-refractivity contribution in [3.05, 3.63) is 0 Å². The normalized spacial score (nSPS) is 26.3. The van der Waals surface area contributed by atoms with E-state index in [4.69, 9.17) is 0 Å². The van der Waals surface area contributed by atoms with Gasteiger partial charge in [0.25, 0.3) is 0 Å². The van der Waals surface area contributed by atoms with Crippen LogP contribution in [0, 0.1) is 0 Å². The van der Waals surface area contributed by atoms with Crippen molar-refractivity contribution in [2.24, 2.45) is 0 Å². The molecule has 5 heteroatoms. The van der Waals surface area contributed by atoms with Crippen LogP contribution in [0.25, 0.3) is 0 Å². The van der Waals surface area contributed by atoms with Gasteiger partial charge in [0, 0.05) is 32.1 Å². The number of carbonyl (C=O) groups excluding carboxylic acids is 1. The van der Waals surface area contributed by atoms with Gasteiger partial charge < -0.3 is 20.4 Å². The number of aliphatic hydroxyl groups excluding tert-OH is 2. The Morgan fingerprint density at radius 2 is 1.93 bits per heavy atom. The van der Waals surface area contributed by atoms with Gasteiger partial charge in [0.1, 0.15) is 0 Å². The smallest absolute Gasteiger partial charge is 0.224 e. The molecule has 1 amide bonds. The molecular formula is C10H20N2O3. The second-order valence-corrected chi connectivity index (χ2v) is 4.29. The molecule has 1 heterocycles. The Morgan fingerprint density at radius 3 is 2.40 bits per heavy atom. The van der Waals surface area contributed by atoms with Gasteiger partial charge in [-0.15, -0.1) is 0 Å². The van der Waals surface area contributed by atoms with Crippen molar-refractivity contribution < 1.29 is 15.0 Å². The number of β-amino-alcohol motifs (C(OH)–C–C–N with tert-alkyl or cyclic N) is 2. The summed E-state index contributed by atoms with van der Waals surface area (Å²) in [5.74, 6) is -0.0150. The fraction of sp³-hybridized carbons (Fsp3) is 0.900. The molecule has 0 bridgehead atoms. The van der Waals surface area contributed by atoms with Gasteiger partial charge in [0.2, 0.25) is 5.91 Å². The van der Waals surface area contributed by atoms with E-state index in [0.717, 1.165) is 0 Å². The van der Waals surface area contributed by atoms with Gasteiger partial charge in [-0.1, -0.05) is 13.8 Å². The molecule has 5 nitrogen and oxygen atoms in total. The number of carbonyl (C=O) groups is 1. The summed E-state index contributed by atoms with van der Waals surface area (Å²) in [6.07, 6.45) is -1.16. The first-order valence-corrected chi connectivity index (χ1v) is 5.38. The monoisotopic (exact) mass is 216 g/mol. The summed E-state index contributed by atoms with van der Waals surface area (Å²) < 4.78 is 0. The largest absolute Gasteiger partial charge is 0.388 e. The Labute approximate surface area is 90.1 Å². The van der Waals surface area contributed by atoms with Gasteiger partial charge in [-0.05, 0) is 0 Å². The number of rotatable bonds is 4. The molecule has 1 rings (SSSR count). The highest BCUT2D eigenvalue weighted by molar-refractivity contribution is 5.76. The van der Waals surface area contributed by atoms with Gasteiger partial charge in [-0.25, -0.2) is 0 Å². The average Bonchev–Trinajstić information content (AvgIpc) is 2.46. The number of aliphatic hydroxyl groups is 2. The van der Waals surface area contributed by atoms with Crippen LogP contribution in [0.15, 0.2) is 0 Å². The lowest BCUT2D eigenvalue weighted by Gasteiger charge is -2.16. The van der Waals surface area contributed by atoms with Crippen molar-refractivity contribution in [3.63, 3.8) is 0 Å². The van der Waals surface area contributed by atoms with Crippen LogP contribution in [-0.2, 0) is 4.79 Å². The van der Waals surface area contributed by atoms with Crippen molar-refractivity contribution in [3.8, 4) is 0 Å². The molecule has 0 aromatic carbocycles. The highest BCUT2D eigenvalue weighted by atomic mass is 16.3. The minimum absolute atomic E-state index is 0.0150. The zero-order valence-electron chi connectivity index (χ0n) is 9.31. The summed E-state index contributed by atoms with van der Waals surface area (Å²) in [4.78, 5) is 13.1. The van der Waals surface area contributed by atoms with E-state index in [1.54, 1.807) is 0 Å².